The van der Waals surface area contributed by atoms with Crippen molar-refractivity contribution >= 4 is 11.8 Å². The van der Waals surface area contributed by atoms with E-state index in [2.05, 4.69) is 29.4 Å². The van der Waals surface area contributed by atoms with E-state index < -0.39 is 24.5 Å². The molecule has 0 bridgehead atoms. The fourth-order valence-electron chi connectivity index (χ4n) is 7.27. The topological polar surface area (TPSA) is 61.4 Å². The molecule has 0 saturated carbocycles. The number of carbonyl (C=O) groups is 2. The van der Waals surface area contributed by atoms with Crippen LogP contribution >= 0.6 is 0 Å². The number of carbonyl (C=O) groups excluding carboxylic acids is 2. The quantitative estimate of drug-likeness (QED) is 0.180. The molecule has 2 unspecified atom stereocenters. The first-order valence-electron chi connectivity index (χ1n) is 16.7. The summed E-state index contributed by atoms with van der Waals surface area (Å²) in [6.45, 7) is 5.10. The van der Waals surface area contributed by atoms with Crippen molar-refractivity contribution in [2.24, 2.45) is 5.41 Å². The molecule has 1 heterocycles. The van der Waals surface area contributed by atoms with E-state index in [4.69, 9.17) is 0 Å². The molecule has 48 heavy (non-hydrogen) atoms. The van der Waals surface area contributed by atoms with E-state index >= 15 is 0 Å². The third kappa shape index (κ3) is 7.49. The molecule has 2 N–H and O–H groups in total. The first kappa shape index (κ1) is 33.5. The maximum absolute atomic E-state index is 13.6. The van der Waals surface area contributed by atoms with Crippen molar-refractivity contribution in [3.8, 4) is 22.3 Å². The number of alkyl halides is 3. The molecule has 1 aliphatic heterocycles. The Morgan fingerprint density at radius 1 is 0.750 bits per heavy atom. The summed E-state index contributed by atoms with van der Waals surface area (Å²) in [5.74, 6) is -1.63. The zero-order valence-corrected chi connectivity index (χ0v) is 27.4. The molecule has 0 aromatic heterocycles. The van der Waals surface area contributed by atoms with Crippen LogP contribution in [0.3, 0.4) is 0 Å². The fourth-order valence-corrected chi connectivity index (χ4v) is 7.27. The van der Waals surface area contributed by atoms with E-state index in [-0.39, 0.29) is 17.4 Å². The van der Waals surface area contributed by atoms with Gasteiger partial charge in [0.2, 0.25) is 5.91 Å². The van der Waals surface area contributed by atoms with Crippen LogP contribution < -0.4 is 10.6 Å². The minimum atomic E-state index is -4.51. The second-order valence-corrected chi connectivity index (χ2v) is 13.8. The summed E-state index contributed by atoms with van der Waals surface area (Å²) in [6.07, 6.45) is -0.573. The maximum Gasteiger partial charge on any atom is 0.405 e. The monoisotopic (exact) mass is 653 g/mol. The highest BCUT2D eigenvalue weighted by atomic mass is 19.4. The second kappa shape index (κ2) is 14.0. The molecule has 2 aliphatic rings. The van der Waals surface area contributed by atoms with Crippen LogP contribution in [0.15, 0.2) is 97.1 Å². The van der Waals surface area contributed by atoms with Gasteiger partial charge in [-0.3, -0.25) is 14.5 Å². The average Bonchev–Trinajstić information content (AvgIpc) is 3.44. The van der Waals surface area contributed by atoms with E-state index in [1.165, 1.54) is 0 Å². The Morgan fingerprint density at radius 2 is 1.40 bits per heavy atom. The molecular weight excluding hydrogens is 611 g/mol. The van der Waals surface area contributed by atoms with Crippen molar-refractivity contribution in [3.63, 3.8) is 0 Å². The molecule has 4 aromatic rings. The highest BCUT2D eigenvalue weighted by Crippen LogP contribution is 2.50. The van der Waals surface area contributed by atoms with Gasteiger partial charge in [0.05, 0.1) is 5.92 Å². The number of hydrogen-bond donors (Lipinski definition) is 2. The van der Waals surface area contributed by atoms with Gasteiger partial charge in [-0.2, -0.15) is 13.2 Å². The lowest BCUT2D eigenvalue weighted by Gasteiger charge is -2.40. The first-order valence-corrected chi connectivity index (χ1v) is 16.7. The number of benzene rings is 4. The third-order valence-electron chi connectivity index (χ3n) is 9.63. The van der Waals surface area contributed by atoms with Crippen molar-refractivity contribution in [2.75, 3.05) is 26.2 Å². The summed E-state index contributed by atoms with van der Waals surface area (Å²) in [5, 5.41) is 5.33. The van der Waals surface area contributed by atoms with Gasteiger partial charge in [0.1, 0.15) is 6.54 Å². The molecule has 1 fully saturated rings. The van der Waals surface area contributed by atoms with Crippen molar-refractivity contribution in [1.29, 1.82) is 0 Å². The number of nitrogens with zero attached hydrogens (tertiary/aromatic N) is 1. The van der Waals surface area contributed by atoms with Crippen molar-refractivity contribution < 1.29 is 22.8 Å². The highest BCUT2D eigenvalue weighted by molar-refractivity contribution is 5.97. The Kier molecular flexibility index (Phi) is 9.74. The molecule has 6 rings (SSSR count). The molecule has 4 aromatic carbocycles. The summed E-state index contributed by atoms with van der Waals surface area (Å²) < 4.78 is 39.6. The van der Waals surface area contributed by atoms with Crippen molar-refractivity contribution in [2.45, 2.75) is 57.7 Å². The van der Waals surface area contributed by atoms with E-state index in [0.29, 0.717) is 18.5 Å². The summed E-state index contributed by atoms with van der Waals surface area (Å²) >= 11 is 0. The van der Waals surface area contributed by atoms with Gasteiger partial charge < -0.3 is 10.6 Å². The lowest BCUT2D eigenvalue weighted by atomic mass is 9.79. The number of likely N-dealkylation sites (tertiary alicyclic amines) is 1. The van der Waals surface area contributed by atoms with Crippen LogP contribution in [0.25, 0.3) is 22.3 Å². The Balaban J connectivity index is 1.26. The van der Waals surface area contributed by atoms with Crippen LogP contribution in [-0.2, 0) is 4.79 Å². The maximum atomic E-state index is 13.6. The third-order valence-corrected chi connectivity index (χ3v) is 9.63. The zero-order chi connectivity index (χ0) is 33.9. The van der Waals surface area contributed by atoms with Gasteiger partial charge in [0, 0.05) is 18.2 Å². The van der Waals surface area contributed by atoms with Crippen LogP contribution in [0.4, 0.5) is 13.2 Å². The smallest absolute Gasteiger partial charge is 0.352 e. The Hall–Kier alpha value is -4.43. The number of hydrogen-bond acceptors (Lipinski definition) is 3. The SMILES string of the molecule is CC(C)(CNC(=O)c1ccc(-c2ccccc2)cc1)CC(c1cccc2c1C(C(=O)NCC(F)(F)F)c1ccccc1-2)N1CCCCC1. The molecule has 1 saturated heterocycles. The normalized spacial score (nSPS) is 16.9. The molecule has 250 valence electrons. The van der Waals surface area contributed by atoms with Crippen molar-refractivity contribution in [1.82, 2.24) is 15.5 Å². The average molecular weight is 654 g/mol. The number of fused-ring (bicyclic) bond motifs is 3. The molecule has 0 radical (unpaired) electrons. The Morgan fingerprint density at radius 3 is 2.10 bits per heavy atom. The fraction of sp³-hybridized carbons (Fsp3) is 0.350. The summed E-state index contributed by atoms with van der Waals surface area (Å²) in [4.78, 5) is 29.3. The van der Waals surface area contributed by atoms with Crippen LogP contribution in [0.5, 0.6) is 0 Å². The van der Waals surface area contributed by atoms with Gasteiger partial charge in [0.25, 0.3) is 5.91 Å². The summed E-state index contributed by atoms with van der Waals surface area (Å²) in [6, 6.07) is 31.0. The molecule has 2 atom stereocenters. The first-order chi connectivity index (χ1) is 23.0. The molecule has 8 heteroatoms. The minimum Gasteiger partial charge on any atom is -0.352 e. The molecule has 5 nitrogen and oxygen atoms in total. The van der Waals surface area contributed by atoms with Crippen LogP contribution in [0.2, 0.25) is 0 Å². The van der Waals surface area contributed by atoms with Gasteiger partial charge in [-0.05, 0) is 88.8 Å². The summed E-state index contributed by atoms with van der Waals surface area (Å²) in [5.41, 5.74) is 6.62. The zero-order valence-electron chi connectivity index (χ0n) is 27.4. The van der Waals surface area contributed by atoms with Crippen LogP contribution in [0.1, 0.15) is 78.5 Å². The number of piperidine rings is 1. The predicted octanol–water partition coefficient (Wildman–Crippen LogP) is 8.52. The van der Waals surface area contributed by atoms with E-state index in [1.54, 1.807) is 0 Å². The van der Waals surface area contributed by atoms with Gasteiger partial charge in [0.15, 0.2) is 0 Å². The van der Waals surface area contributed by atoms with Gasteiger partial charge in [-0.15, -0.1) is 0 Å². The Labute approximate surface area is 280 Å². The van der Waals surface area contributed by atoms with E-state index in [0.717, 1.165) is 71.3 Å². The molecular formula is C40H42F3N3O2. The summed E-state index contributed by atoms with van der Waals surface area (Å²) in [7, 11) is 0. The van der Waals surface area contributed by atoms with Crippen LogP contribution in [-0.4, -0.2) is 49.1 Å². The number of halogens is 3. The van der Waals surface area contributed by atoms with Crippen LogP contribution in [0, 0.1) is 5.41 Å². The number of nitrogens with one attached hydrogen (secondary N) is 2. The van der Waals surface area contributed by atoms with E-state index in [9.17, 15) is 22.8 Å². The lowest BCUT2D eigenvalue weighted by molar-refractivity contribution is -0.138. The lowest BCUT2D eigenvalue weighted by Crippen LogP contribution is -2.41. The van der Waals surface area contributed by atoms with Gasteiger partial charge in [-0.1, -0.05) is 105 Å². The minimum absolute atomic E-state index is 0.0930. The predicted molar refractivity (Wildman–Crippen MR) is 184 cm³/mol. The standard InChI is InChI=1S/C40H42F3N3O2/c1-39(2,25-44-37(47)29-20-18-28(19-21-29)27-12-5-3-6-13-27)24-34(46-22-9-4-10-23-46)33-17-11-16-31-30-14-7-8-15-32(30)36(35(31)33)38(48)45-26-40(41,42)43/h3,5-8,11-21,34,36H,4,9-10,22-26H2,1-2H3,(H,44,47)(H,45,48). The highest BCUT2D eigenvalue weighted by Gasteiger charge is 2.40. The second-order valence-electron chi connectivity index (χ2n) is 13.8. The Bertz CT molecular complexity index is 1750. The molecule has 1 aliphatic carbocycles. The number of amides is 2. The molecule has 2 amide bonds. The van der Waals surface area contributed by atoms with Crippen molar-refractivity contribution in [3.05, 3.63) is 119 Å². The van der Waals surface area contributed by atoms with Gasteiger partial charge >= 0.3 is 6.18 Å². The largest absolute Gasteiger partial charge is 0.405 e. The molecule has 0 spiro atoms. The number of rotatable bonds is 10. The van der Waals surface area contributed by atoms with E-state index in [1.807, 2.05) is 97.1 Å². The van der Waals surface area contributed by atoms with Gasteiger partial charge in [-0.25, -0.2) is 0 Å².